The normalized spacial score (nSPS) is 11.6. The molecule has 0 aliphatic heterocycles. The van der Waals surface area contributed by atoms with Crippen LogP contribution in [0.15, 0.2) is 59.3 Å². The highest BCUT2D eigenvalue weighted by molar-refractivity contribution is 6.31. The Kier molecular flexibility index (Phi) is 6.88. The van der Waals surface area contributed by atoms with Crippen LogP contribution in [0.5, 0.6) is 0 Å². The Morgan fingerprint density at radius 1 is 1.09 bits per heavy atom. The number of hydrogen-bond donors (Lipinski definition) is 1. The minimum Gasteiger partial charge on any atom is -0.481 e. The van der Waals surface area contributed by atoms with Crippen LogP contribution in [0.25, 0.3) is 34.0 Å². The summed E-state index contributed by atoms with van der Waals surface area (Å²) in [4.78, 5) is 19.1. The number of rotatable bonds is 7. The molecule has 0 saturated carbocycles. The number of aryl methyl sites for hydroxylation is 2. The molecule has 0 saturated heterocycles. The van der Waals surface area contributed by atoms with Gasteiger partial charge in [0.25, 0.3) is 5.89 Å². The van der Waals surface area contributed by atoms with Gasteiger partial charge in [-0.25, -0.2) is 0 Å². The number of halogens is 4. The first-order valence-electron chi connectivity index (χ1n) is 10.6. The van der Waals surface area contributed by atoms with Gasteiger partial charge in [-0.15, -0.1) is 0 Å². The zero-order chi connectivity index (χ0) is 25.2. The Morgan fingerprint density at radius 3 is 2.54 bits per heavy atom. The molecule has 2 aromatic carbocycles. The van der Waals surface area contributed by atoms with E-state index in [9.17, 15) is 18.0 Å². The number of carboxylic acids is 1. The maximum Gasteiger partial charge on any atom is 0.417 e. The highest BCUT2D eigenvalue weighted by Gasteiger charge is 2.34. The molecule has 0 aliphatic carbocycles. The van der Waals surface area contributed by atoms with E-state index in [4.69, 9.17) is 21.2 Å². The molecule has 0 amide bonds. The zero-order valence-corrected chi connectivity index (χ0v) is 19.2. The first-order chi connectivity index (χ1) is 16.6. The number of carbonyl (C=O) groups is 1. The minimum atomic E-state index is -4.59. The number of aromatic nitrogens is 3. The molecule has 4 aromatic rings. The van der Waals surface area contributed by atoms with Crippen LogP contribution in [0.1, 0.15) is 29.7 Å². The number of hydrogen-bond acceptors (Lipinski definition) is 5. The lowest BCUT2D eigenvalue weighted by molar-refractivity contribution is -0.138. The van der Waals surface area contributed by atoms with Gasteiger partial charge in [-0.3, -0.25) is 9.78 Å². The average Bonchev–Trinajstić information content (AvgIpc) is 3.30. The van der Waals surface area contributed by atoms with Crippen LogP contribution in [-0.2, 0) is 17.4 Å². The van der Waals surface area contributed by atoms with Crippen molar-refractivity contribution in [3.63, 3.8) is 0 Å². The smallest absolute Gasteiger partial charge is 0.417 e. The van der Waals surface area contributed by atoms with E-state index < -0.39 is 17.7 Å². The van der Waals surface area contributed by atoms with Gasteiger partial charge in [0.2, 0.25) is 5.82 Å². The van der Waals surface area contributed by atoms with E-state index in [1.54, 1.807) is 37.3 Å². The molecule has 0 spiro atoms. The van der Waals surface area contributed by atoms with Gasteiger partial charge in [0, 0.05) is 23.7 Å². The van der Waals surface area contributed by atoms with Gasteiger partial charge in [-0.2, -0.15) is 18.2 Å². The van der Waals surface area contributed by atoms with E-state index in [2.05, 4.69) is 15.1 Å². The van der Waals surface area contributed by atoms with Crippen molar-refractivity contribution in [3.05, 3.63) is 76.6 Å². The van der Waals surface area contributed by atoms with Crippen molar-refractivity contribution in [2.75, 3.05) is 0 Å². The van der Waals surface area contributed by atoms with E-state index in [0.29, 0.717) is 34.7 Å². The molecule has 0 atom stereocenters. The monoisotopic (exact) mass is 501 g/mol. The van der Waals surface area contributed by atoms with Crippen LogP contribution in [-0.4, -0.2) is 26.2 Å². The fourth-order valence-electron chi connectivity index (χ4n) is 3.66. The number of alkyl halides is 3. The number of benzene rings is 2. The number of pyridine rings is 1. The molecular weight excluding hydrogens is 483 g/mol. The topological polar surface area (TPSA) is 89.1 Å². The zero-order valence-electron chi connectivity index (χ0n) is 18.4. The highest BCUT2D eigenvalue weighted by atomic mass is 35.5. The van der Waals surface area contributed by atoms with Crippen molar-refractivity contribution in [3.8, 4) is 34.0 Å². The Morgan fingerprint density at radius 2 is 1.86 bits per heavy atom. The molecule has 0 fully saturated rings. The second-order valence-electron chi connectivity index (χ2n) is 7.90. The third kappa shape index (κ3) is 5.51. The van der Waals surface area contributed by atoms with E-state index in [0.717, 1.165) is 11.6 Å². The molecule has 35 heavy (non-hydrogen) atoms. The lowest BCUT2D eigenvalue weighted by atomic mass is 9.94. The molecule has 10 heteroatoms. The van der Waals surface area contributed by atoms with E-state index in [1.807, 2.05) is 0 Å². The summed E-state index contributed by atoms with van der Waals surface area (Å²) in [5.41, 5.74) is 1.54. The molecule has 0 aliphatic rings. The predicted octanol–water partition coefficient (Wildman–Crippen LogP) is 6.85. The predicted molar refractivity (Wildman–Crippen MR) is 124 cm³/mol. The molecule has 1 N–H and O–H groups in total. The summed E-state index contributed by atoms with van der Waals surface area (Å²) in [7, 11) is 0. The number of nitrogens with zero attached hydrogens (tertiary/aromatic N) is 3. The number of aliphatic carboxylic acids is 1. The van der Waals surface area contributed by atoms with Crippen LogP contribution < -0.4 is 0 Å². The van der Waals surface area contributed by atoms with Crippen molar-refractivity contribution in [1.82, 2.24) is 15.1 Å². The first kappa shape index (κ1) is 24.4. The van der Waals surface area contributed by atoms with Gasteiger partial charge in [-0.05, 0) is 54.7 Å². The molecule has 6 nitrogen and oxygen atoms in total. The van der Waals surface area contributed by atoms with Crippen LogP contribution in [0.2, 0.25) is 5.02 Å². The van der Waals surface area contributed by atoms with Gasteiger partial charge < -0.3 is 9.63 Å². The largest absolute Gasteiger partial charge is 0.481 e. The van der Waals surface area contributed by atoms with Gasteiger partial charge in [-0.1, -0.05) is 47.1 Å². The van der Waals surface area contributed by atoms with Gasteiger partial charge in [0.15, 0.2) is 0 Å². The summed E-state index contributed by atoms with van der Waals surface area (Å²) in [5, 5.41) is 12.9. The lowest BCUT2D eigenvalue weighted by Gasteiger charge is -2.15. The first-order valence-corrected chi connectivity index (χ1v) is 11.0. The summed E-state index contributed by atoms with van der Waals surface area (Å²) in [6.45, 7) is 1.75. The summed E-state index contributed by atoms with van der Waals surface area (Å²) >= 11 is 6.26. The van der Waals surface area contributed by atoms with Gasteiger partial charge in [0.1, 0.15) is 0 Å². The molecule has 4 rings (SSSR count). The summed E-state index contributed by atoms with van der Waals surface area (Å²) in [6, 6.07) is 12.3. The second kappa shape index (κ2) is 9.87. The molecule has 0 unspecified atom stereocenters. The third-order valence-corrected chi connectivity index (χ3v) is 5.74. The van der Waals surface area contributed by atoms with Crippen molar-refractivity contribution in [2.45, 2.75) is 32.4 Å². The number of carboxylic acid groups (broad SMARTS) is 1. The van der Waals surface area contributed by atoms with Crippen LogP contribution in [0.4, 0.5) is 13.2 Å². The molecule has 2 heterocycles. The molecular formula is C25H19ClF3N3O3. The summed E-state index contributed by atoms with van der Waals surface area (Å²) in [5.74, 6) is -0.871. The fourth-order valence-corrected chi connectivity index (χ4v) is 3.92. The van der Waals surface area contributed by atoms with Crippen LogP contribution in [0, 0.1) is 6.92 Å². The lowest BCUT2D eigenvalue weighted by Crippen LogP contribution is -2.08. The minimum absolute atomic E-state index is 0.00347. The van der Waals surface area contributed by atoms with E-state index in [-0.39, 0.29) is 29.3 Å². The summed E-state index contributed by atoms with van der Waals surface area (Å²) in [6.07, 6.45) is -2.37. The molecule has 180 valence electrons. The molecule has 0 radical (unpaired) electrons. The standard InChI is InChI=1S/C25H19ClF3N3O3/c1-14-5-2-3-6-17(14)18-10-9-15(11-19(18)25(27,28)29)24-31-23(32-35-24)16-12-20(26)21(30-13-16)7-4-8-22(33)34/h2-3,5-6,9-13H,4,7-8H2,1H3,(H,33,34). The van der Waals surface area contributed by atoms with Gasteiger partial charge >= 0.3 is 12.1 Å². The summed E-state index contributed by atoms with van der Waals surface area (Å²) < 4.78 is 47.0. The Labute approximate surface area is 203 Å². The second-order valence-corrected chi connectivity index (χ2v) is 8.30. The quantitative estimate of drug-likeness (QED) is 0.298. The highest BCUT2D eigenvalue weighted by Crippen LogP contribution is 2.40. The van der Waals surface area contributed by atoms with Crippen molar-refractivity contribution in [1.29, 1.82) is 0 Å². The average molecular weight is 502 g/mol. The maximum absolute atomic E-state index is 13.9. The molecule has 2 aromatic heterocycles. The maximum atomic E-state index is 13.9. The van der Waals surface area contributed by atoms with Crippen LogP contribution in [0.3, 0.4) is 0 Å². The van der Waals surface area contributed by atoms with Crippen molar-refractivity contribution in [2.24, 2.45) is 0 Å². The van der Waals surface area contributed by atoms with Crippen molar-refractivity contribution >= 4 is 17.6 Å². The van der Waals surface area contributed by atoms with Gasteiger partial charge in [0.05, 0.1) is 16.3 Å². The fraction of sp³-hybridized carbons (Fsp3) is 0.200. The Hall–Kier alpha value is -3.72. The van der Waals surface area contributed by atoms with Crippen LogP contribution >= 0.6 is 11.6 Å². The van der Waals surface area contributed by atoms with E-state index in [1.165, 1.54) is 18.3 Å². The molecule has 0 bridgehead atoms. The Bertz CT molecular complexity index is 1390. The van der Waals surface area contributed by atoms with Crippen molar-refractivity contribution < 1.29 is 27.6 Å². The van der Waals surface area contributed by atoms with E-state index >= 15 is 0 Å². The third-order valence-electron chi connectivity index (χ3n) is 5.41. The Balaban J connectivity index is 1.64. The SMILES string of the molecule is Cc1ccccc1-c1ccc(-c2nc(-c3cnc(CCCC(=O)O)c(Cl)c3)no2)cc1C(F)(F)F.